The molecule has 4 heteroatoms. The predicted molar refractivity (Wildman–Crippen MR) is 84.1 cm³/mol. The summed E-state index contributed by atoms with van der Waals surface area (Å²) in [7, 11) is 1.93. The van der Waals surface area contributed by atoms with Crippen LogP contribution in [-0.4, -0.2) is 17.0 Å². The van der Waals surface area contributed by atoms with Crippen LogP contribution in [-0.2, 0) is 6.54 Å². The monoisotopic (exact) mass is 266 g/mol. The van der Waals surface area contributed by atoms with Gasteiger partial charge in [-0.1, -0.05) is 12.1 Å². The van der Waals surface area contributed by atoms with Crippen molar-refractivity contribution >= 4 is 22.4 Å². The molecule has 1 heterocycles. The van der Waals surface area contributed by atoms with E-state index in [-0.39, 0.29) is 0 Å². The van der Waals surface area contributed by atoms with E-state index in [1.54, 1.807) is 0 Å². The summed E-state index contributed by atoms with van der Waals surface area (Å²) < 4.78 is 0. The summed E-state index contributed by atoms with van der Waals surface area (Å²) in [5, 5.41) is 6.59. The summed E-state index contributed by atoms with van der Waals surface area (Å²) in [6.45, 7) is 2.77. The molecule has 0 saturated carbocycles. The van der Waals surface area contributed by atoms with Gasteiger partial charge in [-0.15, -0.1) is 0 Å². The van der Waals surface area contributed by atoms with E-state index in [1.165, 1.54) is 5.56 Å². The average molecular weight is 266 g/mol. The van der Waals surface area contributed by atoms with Crippen molar-refractivity contribution in [2.24, 2.45) is 0 Å². The number of aromatic amines is 1. The molecule has 0 bridgehead atoms. The van der Waals surface area contributed by atoms with E-state index in [2.05, 4.69) is 57.0 Å². The van der Waals surface area contributed by atoms with Gasteiger partial charge < -0.3 is 15.6 Å². The topological polar surface area (TPSA) is 52.7 Å². The molecule has 3 N–H and O–H groups in total. The molecule has 0 amide bonds. The number of H-pyrrole nitrogens is 1. The molecule has 3 aromatic rings. The van der Waals surface area contributed by atoms with Crippen molar-refractivity contribution in [2.45, 2.75) is 13.5 Å². The molecule has 1 aromatic heterocycles. The summed E-state index contributed by atoms with van der Waals surface area (Å²) in [5.41, 5.74) is 5.54. The normalized spacial score (nSPS) is 10.7. The van der Waals surface area contributed by atoms with Crippen molar-refractivity contribution in [3.63, 3.8) is 0 Å². The van der Waals surface area contributed by atoms with Gasteiger partial charge >= 0.3 is 0 Å². The molecule has 0 aliphatic heterocycles. The Labute approximate surface area is 118 Å². The third-order valence-electron chi connectivity index (χ3n) is 3.31. The van der Waals surface area contributed by atoms with Crippen molar-refractivity contribution < 1.29 is 0 Å². The van der Waals surface area contributed by atoms with Gasteiger partial charge in [0.2, 0.25) is 0 Å². The highest BCUT2D eigenvalue weighted by Gasteiger charge is 2.01. The van der Waals surface area contributed by atoms with Crippen LogP contribution in [0.2, 0.25) is 0 Å². The van der Waals surface area contributed by atoms with Gasteiger partial charge in [0.25, 0.3) is 0 Å². The standard InChI is InChI=1S/C16H18N4/c1-11-19-15-7-6-14(9-16(15)20-11)18-10-12-4-3-5-13(8-12)17-2/h3-9,17-18H,10H2,1-2H3,(H,19,20). The lowest BCUT2D eigenvalue weighted by Crippen LogP contribution is -2.00. The van der Waals surface area contributed by atoms with Crippen molar-refractivity contribution in [1.82, 2.24) is 9.97 Å². The molecule has 4 nitrogen and oxygen atoms in total. The summed E-state index contributed by atoms with van der Waals surface area (Å²) >= 11 is 0. The minimum atomic E-state index is 0.800. The van der Waals surface area contributed by atoms with E-state index in [0.717, 1.165) is 34.8 Å². The van der Waals surface area contributed by atoms with Gasteiger partial charge in [0.15, 0.2) is 0 Å². The number of rotatable bonds is 4. The van der Waals surface area contributed by atoms with Crippen LogP contribution in [0.5, 0.6) is 0 Å². The molecule has 0 aliphatic rings. The first-order chi connectivity index (χ1) is 9.74. The van der Waals surface area contributed by atoms with Gasteiger partial charge in [-0.2, -0.15) is 0 Å². The molecular weight excluding hydrogens is 248 g/mol. The Kier molecular flexibility index (Phi) is 3.29. The maximum absolute atomic E-state index is 4.40. The number of fused-ring (bicyclic) bond motifs is 1. The molecule has 0 saturated heterocycles. The fourth-order valence-corrected chi connectivity index (χ4v) is 2.29. The molecule has 20 heavy (non-hydrogen) atoms. The van der Waals surface area contributed by atoms with Gasteiger partial charge in [0.1, 0.15) is 5.82 Å². The molecule has 0 atom stereocenters. The van der Waals surface area contributed by atoms with Crippen LogP contribution in [0.25, 0.3) is 11.0 Å². The molecule has 0 aliphatic carbocycles. The predicted octanol–water partition coefficient (Wildman–Crippen LogP) is 3.53. The Morgan fingerprint density at radius 1 is 1.10 bits per heavy atom. The molecule has 3 rings (SSSR count). The number of nitrogens with one attached hydrogen (secondary N) is 3. The number of aryl methyl sites for hydroxylation is 1. The second-order valence-electron chi connectivity index (χ2n) is 4.86. The Morgan fingerprint density at radius 3 is 2.85 bits per heavy atom. The minimum absolute atomic E-state index is 0.800. The SMILES string of the molecule is CNc1cccc(CNc2ccc3nc(C)[nH]c3c2)c1. The molecular formula is C16H18N4. The summed E-state index contributed by atoms with van der Waals surface area (Å²) in [6.07, 6.45) is 0. The van der Waals surface area contributed by atoms with E-state index < -0.39 is 0 Å². The van der Waals surface area contributed by atoms with Crippen LogP contribution in [0.15, 0.2) is 42.5 Å². The van der Waals surface area contributed by atoms with Gasteiger partial charge in [-0.25, -0.2) is 4.98 Å². The van der Waals surface area contributed by atoms with Crippen LogP contribution < -0.4 is 10.6 Å². The van der Waals surface area contributed by atoms with Crippen molar-refractivity contribution in [1.29, 1.82) is 0 Å². The number of hydrogen-bond donors (Lipinski definition) is 3. The van der Waals surface area contributed by atoms with Crippen molar-refractivity contribution in [3.8, 4) is 0 Å². The third-order valence-corrected chi connectivity index (χ3v) is 3.31. The Morgan fingerprint density at radius 2 is 2.00 bits per heavy atom. The van der Waals surface area contributed by atoms with Crippen LogP contribution >= 0.6 is 0 Å². The van der Waals surface area contributed by atoms with Gasteiger partial charge in [0.05, 0.1) is 11.0 Å². The lowest BCUT2D eigenvalue weighted by Gasteiger charge is -2.08. The lowest BCUT2D eigenvalue weighted by molar-refractivity contribution is 1.15. The van der Waals surface area contributed by atoms with Gasteiger partial charge in [-0.3, -0.25) is 0 Å². The van der Waals surface area contributed by atoms with Gasteiger partial charge in [0, 0.05) is 25.0 Å². The smallest absolute Gasteiger partial charge is 0.104 e. The first-order valence-electron chi connectivity index (χ1n) is 6.71. The van der Waals surface area contributed by atoms with E-state index in [1.807, 2.05) is 20.0 Å². The first kappa shape index (κ1) is 12.5. The Bertz CT molecular complexity index is 730. The number of hydrogen-bond acceptors (Lipinski definition) is 3. The second-order valence-corrected chi connectivity index (χ2v) is 4.86. The van der Waals surface area contributed by atoms with Crippen LogP contribution in [0, 0.1) is 6.92 Å². The Hall–Kier alpha value is -2.49. The van der Waals surface area contributed by atoms with Crippen LogP contribution in [0.3, 0.4) is 0 Å². The first-order valence-corrected chi connectivity index (χ1v) is 6.71. The van der Waals surface area contributed by atoms with Crippen LogP contribution in [0.1, 0.15) is 11.4 Å². The number of nitrogens with zero attached hydrogens (tertiary/aromatic N) is 1. The molecule has 0 unspecified atom stereocenters. The molecule has 2 aromatic carbocycles. The largest absolute Gasteiger partial charge is 0.388 e. The lowest BCUT2D eigenvalue weighted by atomic mass is 10.2. The van der Waals surface area contributed by atoms with E-state index in [9.17, 15) is 0 Å². The van der Waals surface area contributed by atoms with Crippen LogP contribution in [0.4, 0.5) is 11.4 Å². The fraction of sp³-hybridized carbons (Fsp3) is 0.188. The van der Waals surface area contributed by atoms with Gasteiger partial charge in [-0.05, 0) is 42.8 Å². The molecule has 0 spiro atoms. The Balaban J connectivity index is 1.75. The van der Waals surface area contributed by atoms with Crippen molar-refractivity contribution in [2.75, 3.05) is 17.7 Å². The quantitative estimate of drug-likeness (QED) is 0.677. The van der Waals surface area contributed by atoms with E-state index in [4.69, 9.17) is 0 Å². The molecule has 102 valence electrons. The highest BCUT2D eigenvalue weighted by molar-refractivity contribution is 5.79. The number of aromatic nitrogens is 2. The highest BCUT2D eigenvalue weighted by Crippen LogP contribution is 2.18. The third kappa shape index (κ3) is 2.59. The number of anilines is 2. The minimum Gasteiger partial charge on any atom is -0.388 e. The number of imidazole rings is 1. The summed E-state index contributed by atoms with van der Waals surface area (Å²) in [6, 6.07) is 14.6. The highest BCUT2D eigenvalue weighted by atomic mass is 14.9. The van der Waals surface area contributed by atoms with E-state index in [0.29, 0.717) is 0 Å². The van der Waals surface area contributed by atoms with Crippen molar-refractivity contribution in [3.05, 3.63) is 53.9 Å². The zero-order valence-corrected chi connectivity index (χ0v) is 11.7. The molecule has 0 fully saturated rings. The number of benzene rings is 2. The molecule has 0 radical (unpaired) electrons. The maximum Gasteiger partial charge on any atom is 0.104 e. The van der Waals surface area contributed by atoms with E-state index >= 15 is 0 Å². The maximum atomic E-state index is 4.40. The average Bonchev–Trinajstić information content (AvgIpc) is 2.84. The summed E-state index contributed by atoms with van der Waals surface area (Å²) in [4.78, 5) is 7.66. The zero-order chi connectivity index (χ0) is 13.9. The fourth-order valence-electron chi connectivity index (χ4n) is 2.29. The zero-order valence-electron chi connectivity index (χ0n) is 11.7. The summed E-state index contributed by atoms with van der Waals surface area (Å²) in [5.74, 6) is 0.943. The second kappa shape index (κ2) is 5.25.